The lowest BCUT2D eigenvalue weighted by Gasteiger charge is -2.34. The van der Waals surface area contributed by atoms with Crippen LogP contribution in [0.25, 0.3) is 0 Å². The Labute approximate surface area is 123 Å². The molecule has 2 rings (SSSR count). The van der Waals surface area contributed by atoms with Crippen LogP contribution < -0.4 is 0 Å². The Balaban J connectivity index is 2.21. The molecule has 112 valence electrons. The van der Waals surface area contributed by atoms with Gasteiger partial charge in [0.15, 0.2) is 0 Å². The molecule has 0 unspecified atom stereocenters. The van der Waals surface area contributed by atoms with Gasteiger partial charge in [-0.1, -0.05) is 39.3 Å². The highest BCUT2D eigenvalue weighted by molar-refractivity contribution is 7.89. The molecule has 0 N–H and O–H groups in total. The topological polar surface area (TPSA) is 37.4 Å². The summed E-state index contributed by atoms with van der Waals surface area (Å²) < 4.78 is 27.0. The number of nitrogens with zero attached hydrogens (tertiary/aromatic N) is 1. The summed E-state index contributed by atoms with van der Waals surface area (Å²) in [7, 11) is -3.33. The third-order valence-corrected chi connectivity index (χ3v) is 5.78. The molecule has 1 aliphatic heterocycles. The van der Waals surface area contributed by atoms with Crippen LogP contribution in [0.15, 0.2) is 29.2 Å². The molecule has 2 atom stereocenters. The van der Waals surface area contributed by atoms with Crippen LogP contribution in [-0.2, 0) is 16.4 Å². The Bertz CT molecular complexity index is 526. The van der Waals surface area contributed by atoms with Crippen molar-refractivity contribution in [3.8, 4) is 0 Å². The van der Waals surface area contributed by atoms with Crippen molar-refractivity contribution in [2.24, 2.45) is 11.8 Å². The van der Waals surface area contributed by atoms with Crippen molar-refractivity contribution in [1.29, 1.82) is 0 Å². The molecule has 0 radical (unpaired) electrons. The zero-order chi connectivity index (χ0) is 14.8. The first-order valence-corrected chi connectivity index (χ1v) is 8.96. The van der Waals surface area contributed by atoms with E-state index in [2.05, 4.69) is 20.8 Å². The highest BCUT2D eigenvalue weighted by Gasteiger charge is 2.31. The fourth-order valence-corrected chi connectivity index (χ4v) is 4.75. The van der Waals surface area contributed by atoms with E-state index < -0.39 is 10.0 Å². The van der Waals surface area contributed by atoms with Crippen LogP contribution >= 0.6 is 0 Å². The fourth-order valence-electron chi connectivity index (χ4n) is 3.07. The maximum atomic E-state index is 12.7. The molecule has 0 saturated carbocycles. The third kappa shape index (κ3) is 3.41. The van der Waals surface area contributed by atoms with Crippen molar-refractivity contribution in [2.75, 3.05) is 13.1 Å². The van der Waals surface area contributed by atoms with Crippen LogP contribution in [0, 0.1) is 11.8 Å². The molecule has 1 aromatic carbocycles. The van der Waals surface area contributed by atoms with Gasteiger partial charge < -0.3 is 0 Å². The molecule has 0 aliphatic carbocycles. The van der Waals surface area contributed by atoms with Crippen molar-refractivity contribution in [3.05, 3.63) is 29.8 Å². The van der Waals surface area contributed by atoms with E-state index in [1.807, 2.05) is 12.1 Å². The second-order valence-corrected chi connectivity index (χ2v) is 8.10. The Kier molecular flexibility index (Phi) is 4.86. The Morgan fingerprint density at radius 3 is 2.15 bits per heavy atom. The molecule has 1 heterocycles. The second kappa shape index (κ2) is 6.27. The van der Waals surface area contributed by atoms with Crippen molar-refractivity contribution in [3.63, 3.8) is 0 Å². The molecule has 1 saturated heterocycles. The largest absolute Gasteiger partial charge is 0.243 e. The van der Waals surface area contributed by atoms with Gasteiger partial charge in [-0.3, -0.25) is 0 Å². The summed E-state index contributed by atoms with van der Waals surface area (Å²) >= 11 is 0. The van der Waals surface area contributed by atoms with Gasteiger partial charge in [-0.25, -0.2) is 8.42 Å². The predicted molar refractivity (Wildman–Crippen MR) is 82.1 cm³/mol. The zero-order valence-electron chi connectivity index (χ0n) is 12.7. The number of piperidine rings is 1. The van der Waals surface area contributed by atoms with Gasteiger partial charge in [0.05, 0.1) is 4.90 Å². The van der Waals surface area contributed by atoms with E-state index in [0.717, 1.165) is 19.3 Å². The average molecular weight is 295 g/mol. The van der Waals surface area contributed by atoms with Crippen LogP contribution in [0.5, 0.6) is 0 Å². The molecule has 0 amide bonds. The maximum Gasteiger partial charge on any atom is 0.243 e. The maximum absolute atomic E-state index is 12.7. The van der Waals surface area contributed by atoms with E-state index in [1.54, 1.807) is 16.4 Å². The van der Waals surface area contributed by atoms with E-state index in [9.17, 15) is 8.42 Å². The molecule has 1 aromatic rings. The SMILES string of the molecule is CCCc1ccc(S(=O)(=O)N2C[C@H](C)C[C@@H](C)C2)cc1. The first-order valence-electron chi connectivity index (χ1n) is 7.52. The van der Waals surface area contributed by atoms with Gasteiger partial charge in [0, 0.05) is 13.1 Å². The summed E-state index contributed by atoms with van der Waals surface area (Å²) in [6, 6.07) is 7.38. The number of hydrogen-bond donors (Lipinski definition) is 0. The zero-order valence-corrected chi connectivity index (χ0v) is 13.5. The van der Waals surface area contributed by atoms with Crippen molar-refractivity contribution in [1.82, 2.24) is 4.31 Å². The lowest BCUT2D eigenvalue weighted by Crippen LogP contribution is -2.42. The van der Waals surface area contributed by atoms with Crippen LogP contribution in [0.3, 0.4) is 0 Å². The first kappa shape index (κ1) is 15.5. The van der Waals surface area contributed by atoms with E-state index >= 15 is 0 Å². The van der Waals surface area contributed by atoms with E-state index in [-0.39, 0.29) is 0 Å². The smallest absolute Gasteiger partial charge is 0.207 e. The minimum absolute atomic E-state index is 0.429. The van der Waals surface area contributed by atoms with Crippen LogP contribution in [0.2, 0.25) is 0 Å². The second-order valence-electron chi connectivity index (χ2n) is 6.16. The normalized spacial score (nSPS) is 24.8. The lowest BCUT2D eigenvalue weighted by molar-refractivity contribution is 0.222. The standard InChI is InChI=1S/C16H25NO2S/c1-4-5-15-6-8-16(9-7-15)20(18,19)17-11-13(2)10-14(3)12-17/h6-9,13-14H,4-5,10-12H2,1-3H3/t13-,14-/m1/s1. The van der Waals surface area contributed by atoms with Crippen LogP contribution in [0.1, 0.15) is 39.2 Å². The molecular weight excluding hydrogens is 270 g/mol. The summed E-state index contributed by atoms with van der Waals surface area (Å²) in [5.74, 6) is 0.876. The number of hydrogen-bond acceptors (Lipinski definition) is 2. The van der Waals surface area contributed by atoms with Crippen molar-refractivity contribution >= 4 is 10.0 Å². The number of aryl methyl sites for hydroxylation is 1. The summed E-state index contributed by atoms with van der Waals surface area (Å²) in [4.78, 5) is 0.429. The van der Waals surface area contributed by atoms with E-state index in [0.29, 0.717) is 29.8 Å². The Hall–Kier alpha value is -0.870. The van der Waals surface area contributed by atoms with E-state index in [4.69, 9.17) is 0 Å². The summed E-state index contributed by atoms with van der Waals surface area (Å²) in [5.41, 5.74) is 1.20. The summed E-state index contributed by atoms with van der Waals surface area (Å²) in [5, 5.41) is 0. The summed E-state index contributed by atoms with van der Waals surface area (Å²) in [6.45, 7) is 7.67. The Morgan fingerprint density at radius 1 is 1.10 bits per heavy atom. The summed E-state index contributed by atoms with van der Waals surface area (Å²) in [6.07, 6.45) is 3.19. The first-order chi connectivity index (χ1) is 9.43. The average Bonchev–Trinajstić information content (AvgIpc) is 2.38. The number of rotatable bonds is 4. The molecule has 0 spiro atoms. The van der Waals surface area contributed by atoms with Gasteiger partial charge in [-0.05, 0) is 42.4 Å². The monoisotopic (exact) mass is 295 g/mol. The molecule has 1 fully saturated rings. The minimum atomic E-state index is -3.33. The lowest BCUT2D eigenvalue weighted by atomic mass is 9.94. The molecule has 1 aliphatic rings. The Morgan fingerprint density at radius 2 is 1.65 bits per heavy atom. The van der Waals surface area contributed by atoms with E-state index in [1.165, 1.54) is 5.56 Å². The molecule has 20 heavy (non-hydrogen) atoms. The highest BCUT2D eigenvalue weighted by atomic mass is 32.2. The number of sulfonamides is 1. The quantitative estimate of drug-likeness (QED) is 0.854. The van der Waals surface area contributed by atoms with Crippen molar-refractivity contribution < 1.29 is 8.42 Å². The minimum Gasteiger partial charge on any atom is -0.207 e. The third-order valence-electron chi connectivity index (χ3n) is 3.94. The van der Waals surface area contributed by atoms with Gasteiger partial charge >= 0.3 is 0 Å². The molecule has 3 nitrogen and oxygen atoms in total. The fraction of sp³-hybridized carbons (Fsp3) is 0.625. The molecular formula is C16H25NO2S. The van der Waals surface area contributed by atoms with Gasteiger partial charge in [-0.15, -0.1) is 0 Å². The van der Waals surface area contributed by atoms with Gasteiger partial charge in [-0.2, -0.15) is 4.31 Å². The molecule has 4 heteroatoms. The molecule has 0 bridgehead atoms. The number of benzene rings is 1. The van der Waals surface area contributed by atoms with Crippen LogP contribution in [0.4, 0.5) is 0 Å². The predicted octanol–water partition coefficient (Wildman–Crippen LogP) is 3.31. The highest BCUT2D eigenvalue weighted by Crippen LogP contribution is 2.26. The van der Waals surface area contributed by atoms with Gasteiger partial charge in [0.1, 0.15) is 0 Å². The van der Waals surface area contributed by atoms with Crippen molar-refractivity contribution in [2.45, 2.75) is 44.9 Å². The van der Waals surface area contributed by atoms with Gasteiger partial charge in [0.25, 0.3) is 0 Å². The van der Waals surface area contributed by atoms with Gasteiger partial charge in [0.2, 0.25) is 10.0 Å². The molecule has 0 aromatic heterocycles. The van der Waals surface area contributed by atoms with Crippen LogP contribution in [-0.4, -0.2) is 25.8 Å².